The lowest BCUT2D eigenvalue weighted by molar-refractivity contribution is 0.00385. The maximum atomic E-state index is 13.4. The van der Waals surface area contributed by atoms with Crippen LogP contribution in [0.5, 0.6) is 0 Å². The molecule has 88 valence electrons. The number of aliphatic hydroxyl groups excluding tert-OH is 1. The van der Waals surface area contributed by atoms with Crippen molar-refractivity contribution in [1.29, 1.82) is 0 Å². The Morgan fingerprint density at radius 1 is 1.31 bits per heavy atom. The van der Waals surface area contributed by atoms with E-state index in [2.05, 4.69) is 0 Å². The van der Waals surface area contributed by atoms with E-state index in [9.17, 15) is 14.3 Å². The molecule has 16 heavy (non-hydrogen) atoms. The van der Waals surface area contributed by atoms with Crippen LogP contribution in [0.25, 0.3) is 0 Å². The van der Waals surface area contributed by atoms with Crippen molar-refractivity contribution >= 4 is 5.91 Å². The van der Waals surface area contributed by atoms with Gasteiger partial charge in [-0.2, -0.15) is 0 Å². The van der Waals surface area contributed by atoms with E-state index in [0.717, 1.165) is 0 Å². The fourth-order valence-electron chi connectivity index (χ4n) is 1.61. The number of nitrogens with zero attached hydrogens (tertiary/aromatic N) is 1. The number of benzene rings is 1. The topological polar surface area (TPSA) is 40.5 Å². The molecule has 0 spiro atoms. The second-order valence-electron chi connectivity index (χ2n) is 3.92. The van der Waals surface area contributed by atoms with Crippen molar-refractivity contribution in [2.24, 2.45) is 0 Å². The number of rotatable bonds is 3. The monoisotopic (exact) mass is 225 g/mol. The molecule has 1 rings (SSSR count). The van der Waals surface area contributed by atoms with Crippen molar-refractivity contribution in [3.8, 4) is 0 Å². The number of hydrogen-bond donors (Lipinski definition) is 1. The standard InChI is InChI=1S/C12H16FNO2/c1-8(2)14(9(3)15)12(16)10-6-4-5-7-11(10)13/h4-9,15H,1-3H3. The molecule has 1 aromatic carbocycles. The minimum atomic E-state index is -0.938. The van der Waals surface area contributed by atoms with Crippen molar-refractivity contribution in [1.82, 2.24) is 4.90 Å². The highest BCUT2D eigenvalue weighted by atomic mass is 19.1. The fourth-order valence-corrected chi connectivity index (χ4v) is 1.61. The van der Waals surface area contributed by atoms with Gasteiger partial charge in [-0.05, 0) is 32.9 Å². The van der Waals surface area contributed by atoms with E-state index in [1.165, 1.54) is 30.0 Å². The van der Waals surface area contributed by atoms with Gasteiger partial charge in [0.2, 0.25) is 0 Å². The Labute approximate surface area is 94.5 Å². The molecule has 0 aliphatic heterocycles. The minimum absolute atomic E-state index is 0.0166. The van der Waals surface area contributed by atoms with Crippen LogP contribution >= 0.6 is 0 Å². The molecule has 4 heteroatoms. The van der Waals surface area contributed by atoms with Crippen LogP contribution in [0.4, 0.5) is 4.39 Å². The van der Waals surface area contributed by atoms with Crippen LogP contribution in [0, 0.1) is 5.82 Å². The predicted octanol–water partition coefficient (Wildman–Crippen LogP) is 2.01. The smallest absolute Gasteiger partial charge is 0.259 e. The Morgan fingerprint density at radius 3 is 2.31 bits per heavy atom. The number of carbonyl (C=O) groups is 1. The van der Waals surface area contributed by atoms with Gasteiger partial charge in [-0.25, -0.2) is 4.39 Å². The van der Waals surface area contributed by atoms with Gasteiger partial charge in [0.25, 0.3) is 5.91 Å². The predicted molar refractivity (Wildman–Crippen MR) is 59.4 cm³/mol. The molecule has 3 nitrogen and oxygen atoms in total. The van der Waals surface area contributed by atoms with E-state index < -0.39 is 18.0 Å². The molecular formula is C12H16FNO2. The lowest BCUT2D eigenvalue weighted by Gasteiger charge is -2.29. The number of halogens is 1. The zero-order chi connectivity index (χ0) is 12.3. The molecular weight excluding hydrogens is 209 g/mol. The lowest BCUT2D eigenvalue weighted by Crippen LogP contribution is -2.43. The van der Waals surface area contributed by atoms with Gasteiger partial charge in [-0.3, -0.25) is 4.79 Å². The number of aliphatic hydroxyl groups is 1. The summed E-state index contributed by atoms with van der Waals surface area (Å²) in [4.78, 5) is 13.2. The van der Waals surface area contributed by atoms with Crippen LogP contribution in [-0.2, 0) is 0 Å². The van der Waals surface area contributed by atoms with Crippen molar-refractivity contribution in [2.75, 3.05) is 0 Å². The molecule has 0 bridgehead atoms. The number of carbonyl (C=O) groups excluding carboxylic acids is 1. The highest BCUT2D eigenvalue weighted by Gasteiger charge is 2.24. The SMILES string of the molecule is CC(C)N(C(=O)c1ccccc1F)C(C)O. The van der Waals surface area contributed by atoms with Crippen LogP contribution in [0.2, 0.25) is 0 Å². The van der Waals surface area contributed by atoms with Gasteiger partial charge < -0.3 is 10.0 Å². The van der Waals surface area contributed by atoms with Gasteiger partial charge in [0.15, 0.2) is 0 Å². The lowest BCUT2D eigenvalue weighted by atomic mass is 10.1. The van der Waals surface area contributed by atoms with Gasteiger partial charge >= 0.3 is 0 Å². The largest absolute Gasteiger partial charge is 0.374 e. The van der Waals surface area contributed by atoms with Crippen molar-refractivity contribution in [3.63, 3.8) is 0 Å². The first kappa shape index (κ1) is 12.6. The molecule has 1 aromatic rings. The summed E-state index contributed by atoms with van der Waals surface area (Å²) < 4.78 is 13.4. The Hall–Kier alpha value is -1.42. The average molecular weight is 225 g/mol. The third-order valence-electron chi connectivity index (χ3n) is 2.30. The summed E-state index contributed by atoms with van der Waals surface area (Å²) in [6.07, 6.45) is -0.938. The molecule has 0 heterocycles. The van der Waals surface area contributed by atoms with Crippen molar-refractivity contribution < 1.29 is 14.3 Å². The highest BCUT2D eigenvalue weighted by Crippen LogP contribution is 2.14. The van der Waals surface area contributed by atoms with E-state index in [1.807, 2.05) is 0 Å². The summed E-state index contributed by atoms with van der Waals surface area (Å²) >= 11 is 0. The Balaban J connectivity index is 3.05. The molecule has 0 saturated carbocycles. The highest BCUT2D eigenvalue weighted by molar-refractivity contribution is 5.94. The average Bonchev–Trinajstić information content (AvgIpc) is 2.16. The first-order chi connectivity index (χ1) is 7.45. The molecule has 1 unspecified atom stereocenters. The molecule has 1 atom stereocenters. The van der Waals surface area contributed by atoms with E-state index in [0.29, 0.717) is 0 Å². The molecule has 1 amide bonds. The third kappa shape index (κ3) is 2.58. The number of hydrogen-bond acceptors (Lipinski definition) is 2. The second-order valence-corrected chi connectivity index (χ2v) is 3.92. The summed E-state index contributed by atoms with van der Waals surface area (Å²) in [7, 11) is 0. The summed E-state index contributed by atoms with van der Waals surface area (Å²) in [6, 6.07) is 5.57. The van der Waals surface area contributed by atoms with Gasteiger partial charge in [-0.15, -0.1) is 0 Å². The third-order valence-corrected chi connectivity index (χ3v) is 2.30. The fraction of sp³-hybridized carbons (Fsp3) is 0.417. The molecule has 0 aromatic heterocycles. The zero-order valence-corrected chi connectivity index (χ0v) is 9.64. The summed E-state index contributed by atoms with van der Waals surface area (Å²) in [5, 5.41) is 9.49. The Kier molecular flexibility index (Phi) is 4.01. The van der Waals surface area contributed by atoms with E-state index in [4.69, 9.17) is 0 Å². The summed E-state index contributed by atoms with van der Waals surface area (Å²) in [6.45, 7) is 5.02. The van der Waals surface area contributed by atoms with E-state index >= 15 is 0 Å². The first-order valence-corrected chi connectivity index (χ1v) is 5.20. The van der Waals surface area contributed by atoms with Crippen LogP contribution in [0.15, 0.2) is 24.3 Å². The number of amides is 1. The van der Waals surface area contributed by atoms with Gasteiger partial charge in [-0.1, -0.05) is 12.1 Å². The maximum Gasteiger partial charge on any atom is 0.259 e. The van der Waals surface area contributed by atoms with E-state index in [-0.39, 0.29) is 11.6 Å². The molecule has 0 radical (unpaired) electrons. The van der Waals surface area contributed by atoms with Gasteiger partial charge in [0.1, 0.15) is 12.0 Å². The summed E-state index contributed by atoms with van der Waals surface area (Å²) in [5.41, 5.74) is -0.0166. The molecule has 0 fully saturated rings. The van der Waals surface area contributed by atoms with Crippen molar-refractivity contribution in [3.05, 3.63) is 35.6 Å². The Bertz CT molecular complexity index is 369. The van der Waals surface area contributed by atoms with Crippen LogP contribution < -0.4 is 0 Å². The van der Waals surface area contributed by atoms with Crippen molar-refractivity contribution in [2.45, 2.75) is 33.0 Å². The molecule has 0 aliphatic rings. The van der Waals surface area contributed by atoms with Crippen LogP contribution in [-0.4, -0.2) is 28.2 Å². The zero-order valence-electron chi connectivity index (χ0n) is 9.64. The maximum absolute atomic E-state index is 13.4. The second kappa shape index (κ2) is 5.07. The first-order valence-electron chi connectivity index (χ1n) is 5.20. The molecule has 1 N–H and O–H groups in total. The van der Waals surface area contributed by atoms with Gasteiger partial charge in [0.05, 0.1) is 5.56 Å². The van der Waals surface area contributed by atoms with Crippen LogP contribution in [0.3, 0.4) is 0 Å². The normalized spacial score (nSPS) is 12.6. The van der Waals surface area contributed by atoms with Gasteiger partial charge in [0, 0.05) is 6.04 Å². The van der Waals surface area contributed by atoms with E-state index in [1.54, 1.807) is 19.9 Å². The molecule has 0 saturated heterocycles. The van der Waals surface area contributed by atoms with Crippen LogP contribution in [0.1, 0.15) is 31.1 Å². The Morgan fingerprint density at radius 2 is 1.88 bits per heavy atom. The summed E-state index contributed by atoms with van der Waals surface area (Å²) in [5.74, 6) is -1.07. The minimum Gasteiger partial charge on any atom is -0.374 e. The quantitative estimate of drug-likeness (QED) is 0.799. The molecule has 0 aliphatic carbocycles.